The van der Waals surface area contributed by atoms with Crippen molar-refractivity contribution in [2.45, 2.75) is 12.4 Å². The Hall–Kier alpha value is -2.82. The Morgan fingerprint density at radius 2 is 0.958 bits per heavy atom. The third-order valence-electron chi connectivity index (χ3n) is 2.98. The van der Waals surface area contributed by atoms with Gasteiger partial charge in [-0.25, -0.2) is 0 Å². The van der Waals surface area contributed by atoms with Crippen LogP contribution in [0.4, 0.5) is 26.3 Å². The van der Waals surface area contributed by atoms with Crippen LogP contribution in [-0.2, 0) is 12.4 Å². The van der Waals surface area contributed by atoms with Gasteiger partial charge in [-0.15, -0.1) is 0 Å². The molecule has 0 heterocycles. The van der Waals surface area contributed by atoms with Gasteiger partial charge in [-0.05, 0) is 36.4 Å². The van der Waals surface area contributed by atoms with Gasteiger partial charge < -0.3 is 10.2 Å². The first-order valence-electron chi connectivity index (χ1n) is 6.31. The molecule has 2 rings (SSSR count). The Morgan fingerprint density at radius 1 is 0.625 bits per heavy atom. The summed E-state index contributed by atoms with van der Waals surface area (Å²) in [5.41, 5.74) is -2.46. The zero-order valence-corrected chi connectivity index (χ0v) is 11.6. The van der Waals surface area contributed by atoms with E-state index in [1.807, 2.05) is 0 Å². The number of aromatic hydroxyl groups is 2. The van der Waals surface area contributed by atoms with Crippen molar-refractivity contribution >= 4 is 0 Å². The first-order valence-corrected chi connectivity index (χ1v) is 6.31. The van der Waals surface area contributed by atoms with Crippen LogP contribution in [0.5, 0.6) is 11.5 Å². The maximum Gasteiger partial charge on any atom is 0.416 e. The Balaban J connectivity index is 2.34. The summed E-state index contributed by atoms with van der Waals surface area (Å²) in [6.07, 6.45) is -9.26. The predicted molar refractivity (Wildman–Crippen MR) is 72.2 cm³/mol. The minimum absolute atomic E-state index is 0.165. The van der Waals surface area contributed by atoms with Gasteiger partial charge in [0.25, 0.3) is 0 Å². The van der Waals surface area contributed by atoms with Crippen molar-refractivity contribution in [1.82, 2.24) is 0 Å². The van der Waals surface area contributed by atoms with Crippen molar-refractivity contribution < 1.29 is 36.6 Å². The highest BCUT2D eigenvalue weighted by molar-refractivity contribution is 5.54. The monoisotopic (exact) mass is 346 g/mol. The third kappa shape index (κ3) is 3.93. The lowest BCUT2D eigenvalue weighted by molar-refractivity contribution is -0.138. The lowest BCUT2D eigenvalue weighted by atomic mass is 10.1. The van der Waals surface area contributed by atoms with Crippen LogP contribution in [0.15, 0.2) is 36.4 Å². The normalized spacial score (nSPS) is 11.8. The molecule has 0 saturated carbocycles. The maximum absolute atomic E-state index is 12.5. The van der Waals surface area contributed by atoms with Crippen molar-refractivity contribution in [2.24, 2.45) is 0 Å². The molecule has 0 atom stereocenters. The summed E-state index contributed by atoms with van der Waals surface area (Å²) in [4.78, 5) is 0. The van der Waals surface area contributed by atoms with Crippen LogP contribution < -0.4 is 0 Å². The highest BCUT2D eigenvalue weighted by atomic mass is 19.4. The van der Waals surface area contributed by atoms with E-state index in [-0.39, 0.29) is 11.1 Å². The molecule has 0 fully saturated rings. The first-order chi connectivity index (χ1) is 11.0. The van der Waals surface area contributed by atoms with Gasteiger partial charge in [0, 0.05) is 0 Å². The van der Waals surface area contributed by atoms with E-state index in [0.29, 0.717) is 24.3 Å². The van der Waals surface area contributed by atoms with Crippen LogP contribution in [0.1, 0.15) is 22.3 Å². The molecule has 8 heteroatoms. The molecular formula is C16H8F6O2. The van der Waals surface area contributed by atoms with Gasteiger partial charge in [-0.2, -0.15) is 26.3 Å². The van der Waals surface area contributed by atoms with E-state index in [0.717, 1.165) is 12.1 Å². The number of benzene rings is 2. The standard InChI is InChI=1S/C16H8F6O2/c17-15(18,19)11-5-3-9(13(23)7-11)1-2-10-4-6-12(8-14(10)24)16(20,21)22/h3-8,23-24H. The molecule has 2 aromatic rings. The smallest absolute Gasteiger partial charge is 0.416 e. The largest absolute Gasteiger partial charge is 0.507 e. The first kappa shape index (κ1) is 17.5. The summed E-state index contributed by atoms with van der Waals surface area (Å²) in [7, 11) is 0. The van der Waals surface area contributed by atoms with Crippen molar-refractivity contribution in [2.75, 3.05) is 0 Å². The van der Waals surface area contributed by atoms with Crippen LogP contribution in [0.25, 0.3) is 0 Å². The highest BCUT2D eigenvalue weighted by Gasteiger charge is 2.31. The summed E-state index contributed by atoms with van der Waals surface area (Å²) in [5, 5.41) is 19.1. The van der Waals surface area contributed by atoms with Gasteiger partial charge in [0.2, 0.25) is 0 Å². The van der Waals surface area contributed by atoms with Crippen molar-refractivity contribution in [3.05, 3.63) is 58.7 Å². The number of phenols is 2. The average Bonchev–Trinajstić information content (AvgIpc) is 2.45. The molecule has 0 aromatic heterocycles. The zero-order valence-electron chi connectivity index (χ0n) is 11.6. The number of halogens is 6. The Bertz CT molecular complexity index is 758. The number of phenolic OH excluding ortho intramolecular Hbond substituents is 2. The van der Waals surface area contributed by atoms with Crippen LogP contribution in [0, 0.1) is 11.8 Å². The molecule has 0 radical (unpaired) electrons. The van der Waals surface area contributed by atoms with Gasteiger partial charge in [-0.1, -0.05) is 11.8 Å². The summed E-state index contributed by atoms with van der Waals surface area (Å²) in [6, 6.07) is 4.22. The molecule has 0 aliphatic carbocycles. The Kier molecular flexibility index (Phi) is 4.38. The van der Waals surface area contributed by atoms with Gasteiger partial charge in [0.1, 0.15) is 11.5 Å². The summed E-state index contributed by atoms with van der Waals surface area (Å²) in [5.74, 6) is 3.13. The molecule has 0 aliphatic rings. The third-order valence-corrected chi connectivity index (χ3v) is 2.98. The second-order valence-electron chi connectivity index (χ2n) is 4.71. The van der Waals surface area contributed by atoms with Crippen LogP contribution in [0.3, 0.4) is 0 Å². The van der Waals surface area contributed by atoms with Crippen LogP contribution in [-0.4, -0.2) is 10.2 Å². The molecule has 0 spiro atoms. The molecule has 2 aromatic carbocycles. The molecule has 126 valence electrons. The number of rotatable bonds is 0. The van der Waals surface area contributed by atoms with E-state index in [9.17, 15) is 36.6 Å². The second-order valence-corrected chi connectivity index (χ2v) is 4.71. The number of alkyl halides is 6. The van der Waals surface area contributed by atoms with E-state index in [2.05, 4.69) is 11.8 Å². The molecule has 0 amide bonds. The fourth-order valence-electron chi connectivity index (χ4n) is 1.76. The Morgan fingerprint density at radius 3 is 1.21 bits per heavy atom. The number of hydrogen-bond donors (Lipinski definition) is 2. The summed E-state index contributed by atoms with van der Waals surface area (Å²) >= 11 is 0. The number of hydrogen-bond acceptors (Lipinski definition) is 2. The van der Waals surface area contributed by atoms with Crippen LogP contribution in [0.2, 0.25) is 0 Å². The fraction of sp³-hybridized carbons (Fsp3) is 0.125. The molecule has 0 bridgehead atoms. The van der Waals surface area contributed by atoms with Crippen molar-refractivity contribution in [1.29, 1.82) is 0 Å². The highest BCUT2D eigenvalue weighted by Crippen LogP contribution is 2.33. The Labute approximate surface area is 132 Å². The molecule has 2 nitrogen and oxygen atoms in total. The molecule has 2 N–H and O–H groups in total. The molecular weight excluding hydrogens is 338 g/mol. The van der Waals surface area contributed by atoms with Gasteiger partial charge in [0.15, 0.2) is 0 Å². The van der Waals surface area contributed by atoms with E-state index < -0.39 is 35.0 Å². The van der Waals surface area contributed by atoms with E-state index in [1.165, 1.54) is 0 Å². The van der Waals surface area contributed by atoms with Gasteiger partial charge in [-0.3, -0.25) is 0 Å². The SMILES string of the molecule is Oc1cc(C(F)(F)F)ccc1C#Cc1ccc(C(F)(F)F)cc1O. The van der Waals surface area contributed by atoms with Crippen molar-refractivity contribution in [3.63, 3.8) is 0 Å². The van der Waals surface area contributed by atoms with Gasteiger partial charge in [0.05, 0.1) is 22.3 Å². The zero-order chi connectivity index (χ0) is 18.1. The quantitative estimate of drug-likeness (QED) is 0.543. The van der Waals surface area contributed by atoms with Crippen molar-refractivity contribution in [3.8, 4) is 23.3 Å². The van der Waals surface area contributed by atoms with E-state index in [1.54, 1.807) is 0 Å². The predicted octanol–water partition coefficient (Wildman–Crippen LogP) is 4.54. The molecule has 0 unspecified atom stereocenters. The molecule has 24 heavy (non-hydrogen) atoms. The maximum atomic E-state index is 12.5. The lowest BCUT2D eigenvalue weighted by Gasteiger charge is -2.08. The molecule has 0 saturated heterocycles. The van der Waals surface area contributed by atoms with E-state index >= 15 is 0 Å². The fourth-order valence-corrected chi connectivity index (χ4v) is 1.76. The van der Waals surface area contributed by atoms with Gasteiger partial charge >= 0.3 is 12.4 Å². The lowest BCUT2D eigenvalue weighted by Crippen LogP contribution is -2.04. The summed E-state index contributed by atoms with van der Waals surface area (Å²) in [6.45, 7) is 0. The molecule has 0 aliphatic heterocycles. The van der Waals surface area contributed by atoms with Crippen LogP contribution >= 0.6 is 0 Å². The second kappa shape index (κ2) is 6.00. The summed E-state index contributed by atoms with van der Waals surface area (Å²) < 4.78 is 74.8. The minimum Gasteiger partial charge on any atom is -0.507 e. The average molecular weight is 346 g/mol. The van der Waals surface area contributed by atoms with E-state index in [4.69, 9.17) is 0 Å². The minimum atomic E-state index is -4.63. The topological polar surface area (TPSA) is 40.5 Å².